The Hall–Kier alpha value is -4.37. The second kappa shape index (κ2) is 11.9. The lowest BCUT2D eigenvalue weighted by atomic mass is 9.95. The van der Waals surface area contributed by atoms with Crippen LogP contribution in [0.25, 0.3) is 17.0 Å². The fraction of sp³-hybridized carbons (Fsp3) is 0.303. The van der Waals surface area contributed by atoms with Crippen LogP contribution in [-0.2, 0) is 16.1 Å². The first-order valence-corrected chi connectivity index (χ1v) is 14.7. The highest BCUT2D eigenvalue weighted by Crippen LogP contribution is 2.36. The molecule has 5 rings (SSSR count). The zero-order valence-electron chi connectivity index (χ0n) is 24.8. The normalized spacial score (nSPS) is 15.1. The topological polar surface area (TPSA) is 84.0 Å². The third-order valence-electron chi connectivity index (χ3n) is 7.25. The molecule has 1 aliphatic rings. The molecule has 0 amide bonds. The Morgan fingerprint density at radius 2 is 1.93 bits per heavy atom. The van der Waals surface area contributed by atoms with Gasteiger partial charge in [-0.2, -0.15) is 0 Å². The van der Waals surface area contributed by atoms with E-state index in [-0.39, 0.29) is 18.3 Å². The number of ether oxygens (including phenoxy) is 3. The first kappa shape index (κ1) is 29.1. The van der Waals surface area contributed by atoms with Crippen LogP contribution in [0, 0.1) is 6.92 Å². The molecule has 0 N–H and O–H groups in total. The number of esters is 1. The molecule has 0 saturated heterocycles. The quantitative estimate of drug-likeness (QED) is 0.203. The monoisotopic (exact) mass is 585 g/mol. The number of nitrogens with zero attached hydrogens (tertiary/aromatic N) is 3. The van der Waals surface area contributed by atoms with Gasteiger partial charge in [0.2, 0.25) is 0 Å². The maximum Gasteiger partial charge on any atom is 0.338 e. The van der Waals surface area contributed by atoms with Crippen LogP contribution in [0.15, 0.2) is 76.2 Å². The van der Waals surface area contributed by atoms with E-state index >= 15 is 0 Å². The van der Waals surface area contributed by atoms with Crippen LogP contribution < -0.4 is 24.4 Å². The van der Waals surface area contributed by atoms with Crippen molar-refractivity contribution in [3.8, 4) is 11.5 Å². The van der Waals surface area contributed by atoms with Gasteiger partial charge in [0.1, 0.15) is 0 Å². The average molecular weight is 586 g/mol. The molecule has 2 aromatic carbocycles. The molecule has 4 aromatic rings. The van der Waals surface area contributed by atoms with E-state index in [0.29, 0.717) is 44.2 Å². The lowest BCUT2D eigenvalue weighted by Gasteiger charge is -2.25. The van der Waals surface area contributed by atoms with Gasteiger partial charge in [0.05, 0.1) is 41.7 Å². The zero-order chi connectivity index (χ0) is 30.1. The molecular weight excluding hydrogens is 550 g/mol. The van der Waals surface area contributed by atoms with Crippen LogP contribution in [-0.4, -0.2) is 34.9 Å². The van der Waals surface area contributed by atoms with E-state index in [2.05, 4.69) is 23.3 Å². The van der Waals surface area contributed by atoms with Gasteiger partial charge < -0.3 is 18.8 Å². The molecule has 1 atom stereocenters. The number of benzene rings is 2. The van der Waals surface area contributed by atoms with E-state index in [9.17, 15) is 9.59 Å². The minimum atomic E-state index is -0.757. The fourth-order valence-electron chi connectivity index (χ4n) is 5.45. The molecule has 0 fully saturated rings. The lowest BCUT2D eigenvalue weighted by Crippen LogP contribution is -2.40. The third-order valence-corrected chi connectivity index (χ3v) is 8.23. The van der Waals surface area contributed by atoms with Crippen molar-refractivity contribution in [2.24, 2.45) is 4.99 Å². The summed E-state index contributed by atoms with van der Waals surface area (Å²) in [6.07, 6.45) is 3.74. The second-order valence-electron chi connectivity index (χ2n) is 10.3. The maximum atomic E-state index is 14.2. The number of methoxy groups -OCH3 is 1. The summed E-state index contributed by atoms with van der Waals surface area (Å²) in [5.74, 6) is 0.572. The number of aromatic nitrogens is 2. The summed E-state index contributed by atoms with van der Waals surface area (Å²) in [7, 11) is 1.57. The molecule has 9 heteroatoms. The second-order valence-corrected chi connectivity index (χ2v) is 11.3. The van der Waals surface area contributed by atoms with Crippen molar-refractivity contribution in [2.75, 3.05) is 13.7 Å². The van der Waals surface area contributed by atoms with E-state index in [4.69, 9.17) is 19.2 Å². The highest BCUT2D eigenvalue weighted by Gasteiger charge is 2.34. The molecule has 2 aromatic heterocycles. The number of para-hydroxylation sites is 1. The third kappa shape index (κ3) is 5.09. The van der Waals surface area contributed by atoms with E-state index in [1.807, 2.05) is 57.2 Å². The Labute approximate surface area is 248 Å². The summed E-state index contributed by atoms with van der Waals surface area (Å²) < 4.78 is 21.3. The van der Waals surface area contributed by atoms with Crippen LogP contribution in [0.3, 0.4) is 0 Å². The molecule has 0 aliphatic carbocycles. The number of carbonyl (C=O) groups is 1. The molecule has 8 nitrogen and oxygen atoms in total. The van der Waals surface area contributed by atoms with Crippen LogP contribution in [0.1, 0.15) is 50.6 Å². The first-order valence-electron chi connectivity index (χ1n) is 13.9. The number of allylic oxidation sites excluding steroid dienone is 2. The summed E-state index contributed by atoms with van der Waals surface area (Å²) in [4.78, 5) is 32.7. The Morgan fingerprint density at radius 3 is 2.62 bits per heavy atom. The van der Waals surface area contributed by atoms with Gasteiger partial charge in [-0.3, -0.25) is 9.36 Å². The Morgan fingerprint density at radius 1 is 1.17 bits per heavy atom. The van der Waals surface area contributed by atoms with Gasteiger partial charge in [0.25, 0.3) is 5.56 Å². The van der Waals surface area contributed by atoms with Gasteiger partial charge in [-0.1, -0.05) is 41.7 Å². The van der Waals surface area contributed by atoms with Crippen molar-refractivity contribution >= 4 is 34.3 Å². The Kier molecular flexibility index (Phi) is 8.22. The van der Waals surface area contributed by atoms with Crippen LogP contribution in [0.2, 0.25) is 0 Å². The molecule has 1 aliphatic heterocycles. The van der Waals surface area contributed by atoms with Gasteiger partial charge in [-0.05, 0) is 64.5 Å². The highest BCUT2D eigenvalue weighted by atomic mass is 32.1. The van der Waals surface area contributed by atoms with E-state index in [1.165, 1.54) is 11.3 Å². The fourth-order valence-corrected chi connectivity index (χ4v) is 6.48. The maximum absolute atomic E-state index is 14.2. The lowest BCUT2D eigenvalue weighted by molar-refractivity contribution is -0.139. The molecule has 0 bridgehead atoms. The predicted molar refractivity (Wildman–Crippen MR) is 166 cm³/mol. The minimum Gasteiger partial charge on any atom is -0.493 e. The number of carbonyl (C=O) groups excluding carboxylic acids is 1. The molecule has 0 spiro atoms. The molecule has 0 unspecified atom stereocenters. The van der Waals surface area contributed by atoms with Crippen molar-refractivity contribution in [3.63, 3.8) is 0 Å². The SMILES string of the molecule is C=CCn1c(C)c(/C=c2\sc3n(c2=O)[C@H](c2ccc(OC(C)C)c(OC)c2)C(C(=O)OCC)=C(C)N=3)c2ccccc21. The smallest absolute Gasteiger partial charge is 0.338 e. The Bertz CT molecular complexity index is 1910. The van der Waals surface area contributed by atoms with Crippen molar-refractivity contribution in [1.29, 1.82) is 0 Å². The zero-order valence-corrected chi connectivity index (χ0v) is 25.6. The molecule has 0 radical (unpaired) electrons. The molecule has 3 heterocycles. The molecule has 42 heavy (non-hydrogen) atoms. The number of rotatable bonds is 9. The Balaban J connectivity index is 1.75. The predicted octanol–water partition coefficient (Wildman–Crippen LogP) is 5.04. The van der Waals surface area contributed by atoms with E-state index in [1.54, 1.807) is 31.6 Å². The summed E-state index contributed by atoms with van der Waals surface area (Å²) in [6, 6.07) is 12.8. The molecule has 0 saturated carbocycles. The molecular formula is C33H35N3O5S. The summed E-state index contributed by atoms with van der Waals surface area (Å²) in [5, 5.41) is 1.05. The van der Waals surface area contributed by atoms with Gasteiger partial charge >= 0.3 is 5.97 Å². The van der Waals surface area contributed by atoms with Crippen molar-refractivity contribution in [2.45, 2.75) is 53.3 Å². The summed E-state index contributed by atoms with van der Waals surface area (Å²) in [6.45, 7) is 14.2. The standard InChI is InChI=1S/C33H35N3O5S/c1-8-16-35-21(6)24(23-12-10-11-13-25(23)35)18-28-31(37)36-30(22-14-15-26(41-19(3)4)27(17-22)39-7)29(32(38)40-9-2)20(5)34-33(36)42-28/h8,10-15,17-19,30H,1,9,16H2,2-7H3/b28-18-/t30-/m1/s1. The number of fused-ring (bicyclic) bond motifs is 2. The first-order chi connectivity index (χ1) is 20.2. The number of hydrogen-bond acceptors (Lipinski definition) is 7. The van der Waals surface area contributed by atoms with Crippen molar-refractivity contribution < 1.29 is 19.0 Å². The van der Waals surface area contributed by atoms with E-state index < -0.39 is 12.0 Å². The minimum absolute atomic E-state index is 0.0551. The van der Waals surface area contributed by atoms with Crippen LogP contribution in [0.4, 0.5) is 0 Å². The summed E-state index contributed by atoms with van der Waals surface area (Å²) >= 11 is 1.30. The van der Waals surface area contributed by atoms with Crippen molar-refractivity contribution in [3.05, 3.63) is 103 Å². The molecule has 218 valence electrons. The van der Waals surface area contributed by atoms with Gasteiger partial charge in [-0.15, -0.1) is 6.58 Å². The largest absolute Gasteiger partial charge is 0.493 e. The number of thiazole rings is 1. The van der Waals surface area contributed by atoms with Gasteiger partial charge in [-0.25, -0.2) is 9.79 Å². The number of hydrogen-bond donors (Lipinski definition) is 0. The van der Waals surface area contributed by atoms with Crippen LogP contribution >= 0.6 is 11.3 Å². The van der Waals surface area contributed by atoms with Gasteiger partial charge in [0, 0.05) is 28.7 Å². The van der Waals surface area contributed by atoms with Crippen molar-refractivity contribution in [1.82, 2.24) is 9.13 Å². The average Bonchev–Trinajstić information content (AvgIpc) is 3.41. The highest BCUT2D eigenvalue weighted by molar-refractivity contribution is 7.07. The summed E-state index contributed by atoms with van der Waals surface area (Å²) in [5.41, 5.74) is 4.34. The van der Waals surface area contributed by atoms with Gasteiger partial charge in [0.15, 0.2) is 16.3 Å². The van der Waals surface area contributed by atoms with Crippen LogP contribution in [0.5, 0.6) is 11.5 Å². The van der Waals surface area contributed by atoms with E-state index in [0.717, 1.165) is 22.2 Å².